The van der Waals surface area contributed by atoms with E-state index in [-0.39, 0.29) is 12.1 Å². The molecule has 0 saturated carbocycles. The van der Waals surface area contributed by atoms with Crippen LogP contribution < -0.4 is 5.32 Å². The first kappa shape index (κ1) is 13.6. The summed E-state index contributed by atoms with van der Waals surface area (Å²) in [4.78, 5) is 31.8. The molecule has 0 unspecified atom stereocenters. The number of hydrogen-bond donors (Lipinski definition) is 2. The lowest BCUT2D eigenvalue weighted by atomic mass is 10.1. The van der Waals surface area contributed by atoms with Crippen molar-refractivity contribution < 1.29 is 19.6 Å². The van der Waals surface area contributed by atoms with Gasteiger partial charge in [-0.25, -0.2) is 0 Å². The van der Waals surface area contributed by atoms with E-state index in [0.717, 1.165) is 0 Å². The average Bonchev–Trinajstić information content (AvgIpc) is 2.29. The maximum atomic E-state index is 11.4. The molecule has 0 aliphatic rings. The quantitative estimate of drug-likeness (QED) is 0.592. The molecular weight excluding hydrogens is 240 g/mol. The highest BCUT2D eigenvalue weighted by atomic mass is 16.6. The molecular formula is C11H12N2O5. The van der Waals surface area contributed by atoms with Crippen LogP contribution in [0.5, 0.6) is 0 Å². The monoisotopic (exact) mass is 252 g/mol. The van der Waals surface area contributed by atoms with Gasteiger partial charge in [-0.2, -0.15) is 0 Å². The summed E-state index contributed by atoms with van der Waals surface area (Å²) in [5.74, 6) is -1.56. The van der Waals surface area contributed by atoms with Crippen LogP contribution in [0, 0.1) is 10.1 Å². The number of hydrogen-bond acceptors (Lipinski definition) is 4. The Morgan fingerprint density at radius 3 is 2.39 bits per heavy atom. The first-order chi connectivity index (χ1) is 8.40. The van der Waals surface area contributed by atoms with E-state index in [0.29, 0.717) is 5.56 Å². The lowest BCUT2D eigenvalue weighted by Crippen LogP contribution is -2.39. The Morgan fingerprint density at radius 1 is 1.39 bits per heavy atom. The fourth-order valence-corrected chi connectivity index (χ4v) is 1.28. The Hall–Kier alpha value is -2.44. The van der Waals surface area contributed by atoms with Crippen LogP contribution in [0.4, 0.5) is 5.69 Å². The van der Waals surface area contributed by atoms with E-state index in [1.54, 1.807) is 0 Å². The molecule has 0 bridgehead atoms. The summed E-state index contributed by atoms with van der Waals surface area (Å²) >= 11 is 0. The van der Waals surface area contributed by atoms with Gasteiger partial charge in [-0.3, -0.25) is 19.7 Å². The number of nitrogens with zero attached hydrogens (tertiary/aromatic N) is 1. The van der Waals surface area contributed by atoms with Crippen LogP contribution >= 0.6 is 0 Å². The second-order valence-corrected chi connectivity index (χ2v) is 3.73. The van der Waals surface area contributed by atoms with Gasteiger partial charge in [-0.1, -0.05) is 12.1 Å². The fourth-order valence-electron chi connectivity index (χ4n) is 1.28. The van der Waals surface area contributed by atoms with Gasteiger partial charge < -0.3 is 10.4 Å². The Labute approximate surface area is 103 Å². The van der Waals surface area contributed by atoms with Gasteiger partial charge in [-0.05, 0) is 12.5 Å². The van der Waals surface area contributed by atoms with E-state index in [2.05, 4.69) is 5.32 Å². The summed E-state index contributed by atoms with van der Waals surface area (Å²) < 4.78 is 0. The molecule has 7 heteroatoms. The molecule has 1 aromatic rings. The van der Waals surface area contributed by atoms with Crippen LogP contribution in [-0.4, -0.2) is 27.9 Å². The number of carbonyl (C=O) groups excluding carboxylic acids is 1. The number of amides is 1. The Morgan fingerprint density at radius 2 is 1.94 bits per heavy atom. The maximum absolute atomic E-state index is 11.4. The standard InChI is InChI=1S/C11H12N2O5/c1-7(11(15)16)12-10(14)6-8-2-4-9(5-3-8)13(17)18/h2-5,7H,6H2,1H3,(H,12,14)(H,15,16)/t7-/m1/s1. The van der Waals surface area contributed by atoms with Crippen molar-refractivity contribution in [3.05, 3.63) is 39.9 Å². The molecule has 0 saturated heterocycles. The number of nitrogens with one attached hydrogen (secondary N) is 1. The maximum Gasteiger partial charge on any atom is 0.325 e. The molecule has 0 spiro atoms. The molecule has 2 N–H and O–H groups in total. The van der Waals surface area contributed by atoms with Crippen LogP contribution in [-0.2, 0) is 16.0 Å². The molecule has 0 aliphatic carbocycles. The van der Waals surface area contributed by atoms with E-state index in [4.69, 9.17) is 5.11 Å². The number of carboxylic acids is 1. The fraction of sp³-hybridized carbons (Fsp3) is 0.273. The van der Waals surface area contributed by atoms with Crippen molar-refractivity contribution in [2.45, 2.75) is 19.4 Å². The van der Waals surface area contributed by atoms with Crippen LogP contribution in [0.15, 0.2) is 24.3 Å². The molecule has 0 aliphatic heterocycles. The van der Waals surface area contributed by atoms with Crippen LogP contribution in [0.3, 0.4) is 0 Å². The highest BCUT2D eigenvalue weighted by Gasteiger charge is 2.14. The van der Waals surface area contributed by atoms with Gasteiger partial charge in [-0.15, -0.1) is 0 Å². The number of aliphatic carboxylic acids is 1. The summed E-state index contributed by atoms with van der Waals surface area (Å²) in [6, 6.07) is 4.55. The molecule has 96 valence electrons. The minimum atomic E-state index is -1.12. The molecule has 1 amide bonds. The van der Waals surface area contributed by atoms with Gasteiger partial charge in [0.1, 0.15) is 6.04 Å². The van der Waals surface area contributed by atoms with Crippen molar-refractivity contribution in [2.75, 3.05) is 0 Å². The zero-order chi connectivity index (χ0) is 13.7. The third kappa shape index (κ3) is 3.85. The highest BCUT2D eigenvalue weighted by molar-refractivity contribution is 5.84. The van der Waals surface area contributed by atoms with Crippen molar-refractivity contribution in [1.29, 1.82) is 0 Å². The highest BCUT2D eigenvalue weighted by Crippen LogP contribution is 2.12. The summed E-state index contributed by atoms with van der Waals surface area (Å²) in [7, 11) is 0. The second kappa shape index (κ2) is 5.76. The van der Waals surface area contributed by atoms with Gasteiger partial charge in [0.15, 0.2) is 0 Å². The van der Waals surface area contributed by atoms with Crippen LogP contribution in [0.2, 0.25) is 0 Å². The number of non-ortho nitro benzene ring substituents is 1. The zero-order valence-electron chi connectivity index (χ0n) is 9.62. The summed E-state index contributed by atoms with van der Waals surface area (Å²) in [6.45, 7) is 1.36. The Bertz CT molecular complexity index is 469. The number of benzene rings is 1. The molecule has 1 rings (SSSR count). The number of rotatable bonds is 5. The molecule has 0 heterocycles. The predicted octanol–water partition coefficient (Wildman–Crippen LogP) is 0.727. The van der Waals surface area contributed by atoms with Crippen molar-refractivity contribution in [3.8, 4) is 0 Å². The largest absolute Gasteiger partial charge is 0.480 e. The van der Waals surface area contributed by atoms with Crippen molar-refractivity contribution >= 4 is 17.6 Å². The average molecular weight is 252 g/mol. The summed E-state index contributed by atoms with van der Waals surface area (Å²) in [5.41, 5.74) is 0.522. The summed E-state index contributed by atoms with van der Waals surface area (Å²) in [5, 5.41) is 21.3. The minimum Gasteiger partial charge on any atom is -0.480 e. The molecule has 1 aromatic carbocycles. The molecule has 0 aromatic heterocycles. The molecule has 7 nitrogen and oxygen atoms in total. The Balaban J connectivity index is 2.60. The number of carboxylic acid groups (broad SMARTS) is 1. The van der Waals surface area contributed by atoms with Gasteiger partial charge in [0, 0.05) is 12.1 Å². The van der Waals surface area contributed by atoms with Gasteiger partial charge >= 0.3 is 5.97 Å². The number of carbonyl (C=O) groups is 2. The van der Waals surface area contributed by atoms with E-state index < -0.39 is 22.8 Å². The summed E-state index contributed by atoms with van der Waals surface area (Å²) in [6.07, 6.45) is -0.0182. The zero-order valence-corrected chi connectivity index (χ0v) is 9.62. The Kier molecular flexibility index (Phi) is 4.36. The van der Waals surface area contributed by atoms with E-state index in [1.165, 1.54) is 31.2 Å². The third-order valence-corrected chi connectivity index (χ3v) is 2.26. The van der Waals surface area contributed by atoms with Gasteiger partial charge in [0.05, 0.1) is 11.3 Å². The first-order valence-electron chi connectivity index (χ1n) is 5.15. The minimum absolute atomic E-state index is 0.0182. The number of nitro groups is 1. The smallest absolute Gasteiger partial charge is 0.325 e. The molecule has 1 atom stereocenters. The van der Waals surface area contributed by atoms with Crippen molar-refractivity contribution in [1.82, 2.24) is 5.32 Å². The predicted molar refractivity (Wildman–Crippen MR) is 62.0 cm³/mol. The molecule has 0 fully saturated rings. The van der Waals surface area contributed by atoms with Gasteiger partial charge in [0.2, 0.25) is 5.91 Å². The van der Waals surface area contributed by atoms with Crippen molar-refractivity contribution in [2.24, 2.45) is 0 Å². The van der Waals surface area contributed by atoms with Crippen LogP contribution in [0.1, 0.15) is 12.5 Å². The van der Waals surface area contributed by atoms with E-state index in [9.17, 15) is 19.7 Å². The topological polar surface area (TPSA) is 110 Å². The SMILES string of the molecule is C[C@@H](NC(=O)Cc1ccc([N+](=O)[O-])cc1)C(=O)O. The lowest BCUT2D eigenvalue weighted by Gasteiger charge is -2.08. The lowest BCUT2D eigenvalue weighted by molar-refractivity contribution is -0.384. The molecule has 0 radical (unpaired) electrons. The second-order valence-electron chi connectivity index (χ2n) is 3.73. The van der Waals surface area contributed by atoms with Gasteiger partial charge in [0.25, 0.3) is 5.69 Å². The first-order valence-corrected chi connectivity index (χ1v) is 5.15. The van der Waals surface area contributed by atoms with E-state index >= 15 is 0 Å². The molecule has 18 heavy (non-hydrogen) atoms. The van der Waals surface area contributed by atoms with Crippen LogP contribution in [0.25, 0.3) is 0 Å². The third-order valence-electron chi connectivity index (χ3n) is 2.26. The number of nitro benzene ring substituents is 1. The normalized spacial score (nSPS) is 11.6. The van der Waals surface area contributed by atoms with Crippen molar-refractivity contribution in [3.63, 3.8) is 0 Å². The van der Waals surface area contributed by atoms with E-state index in [1.807, 2.05) is 0 Å².